The number of rotatable bonds is 5. The summed E-state index contributed by atoms with van der Waals surface area (Å²) in [5.74, 6) is -0.143. The summed E-state index contributed by atoms with van der Waals surface area (Å²) in [4.78, 5) is 23.9. The maximum absolute atomic E-state index is 13.3. The SMILES string of the molecule is C[C@@H](N)C(=O)Nc1ccc2c(-c3ccncc3)c(Cc3ccc(F)cc3)[nH]c2n1. The number of pyridine rings is 2. The molecule has 1 aromatic carbocycles. The molecule has 0 radical (unpaired) electrons. The molecule has 0 bridgehead atoms. The number of amides is 1. The first-order valence-electron chi connectivity index (χ1n) is 9.24. The number of halogens is 1. The minimum absolute atomic E-state index is 0.268. The molecule has 0 aliphatic carbocycles. The van der Waals surface area contributed by atoms with Crippen LogP contribution < -0.4 is 11.1 Å². The molecular weight excluding hydrogens is 369 g/mol. The molecule has 1 amide bonds. The Kier molecular flexibility index (Phi) is 5.05. The fraction of sp³-hybridized carbons (Fsp3) is 0.136. The number of nitrogens with one attached hydrogen (secondary N) is 2. The van der Waals surface area contributed by atoms with Gasteiger partial charge in [0, 0.05) is 35.5 Å². The van der Waals surface area contributed by atoms with Crippen LogP contribution in [0.25, 0.3) is 22.2 Å². The summed E-state index contributed by atoms with van der Waals surface area (Å²) >= 11 is 0. The summed E-state index contributed by atoms with van der Waals surface area (Å²) in [6, 6.07) is 13.3. The molecule has 1 atom stereocenters. The number of nitrogens with zero attached hydrogens (tertiary/aromatic N) is 2. The largest absolute Gasteiger partial charge is 0.342 e. The van der Waals surface area contributed by atoms with Gasteiger partial charge in [0.25, 0.3) is 0 Å². The van der Waals surface area contributed by atoms with Crippen molar-refractivity contribution in [3.05, 3.63) is 78.0 Å². The van der Waals surface area contributed by atoms with E-state index in [2.05, 4.69) is 20.3 Å². The zero-order chi connectivity index (χ0) is 20.4. The van der Waals surface area contributed by atoms with E-state index < -0.39 is 6.04 Å². The summed E-state index contributed by atoms with van der Waals surface area (Å²) in [6.07, 6.45) is 4.05. The molecular formula is C22H20FN5O. The lowest BCUT2D eigenvalue weighted by Gasteiger charge is -2.07. The Morgan fingerprint density at radius 2 is 1.86 bits per heavy atom. The Hall–Kier alpha value is -3.58. The molecule has 3 heterocycles. The van der Waals surface area contributed by atoms with Gasteiger partial charge < -0.3 is 16.0 Å². The van der Waals surface area contributed by atoms with Crippen LogP contribution in [0, 0.1) is 5.82 Å². The number of hydrogen-bond donors (Lipinski definition) is 3. The van der Waals surface area contributed by atoms with E-state index in [1.54, 1.807) is 37.5 Å². The molecule has 0 fully saturated rings. The van der Waals surface area contributed by atoms with Crippen LogP contribution in [0.2, 0.25) is 0 Å². The highest BCUT2D eigenvalue weighted by molar-refractivity contribution is 5.98. The highest BCUT2D eigenvalue weighted by Crippen LogP contribution is 2.33. The van der Waals surface area contributed by atoms with Crippen molar-refractivity contribution in [1.82, 2.24) is 15.0 Å². The number of H-pyrrole nitrogens is 1. The minimum Gasteiger partial charge on any atom is -0.342 e. The monoisotopic (exact) mass is 389 g/mol. The van der Waals surface area contributed by atoms with Gasteiger partial charge in [0.2, 0.25) is 5.91 Å². The van der Waals surface area contributed by atoms with Crippen molar-refractivity contribution in [3.8, 4) is 11.1 Å². The summed E-state index contributed by atoms with van der Waals surface area (Å²) in [5, 5.41) is 3.63. The number of aromatic nitrogens is 3. The molecule has 7 heteroatoms. The van der Waals surface area contributed by atoms with E-state index in [4.69, 9.17) is 5.73 Å². The first-order valence-corrected chi connectivity index (χ1v) is 9.24. The first kappa shape index (κ1) is 18.8. The van der Waals surface area contributed by atoms with Crippen LogP contribution in [-0.4, -0.2) is 26.9 Å². The van der Waals surface area contributed by atoms with Crippen molar-refractivity contribution < 1.29 is 9.18 Å². The lowest BCUT2D eigenvalue weighted by Crippen LogP contribution is -2.32. The van der Waals surface area contributed by atoms with Gasteiger partial charge in [0.15, 0.2) is 0 Å². The predicted octanol–water partition coefficient (Wildman–Crippen LogP) is 3.64. The minimum atomic E-state index is -0.627. The fourth-order valence-corrected chi connectivity index (χ4v) is 3.22. The maximum atomic E-state index is 13.3. The number of aromatic amines is 1. The topological polar surface area (TPSA) is 96.7 Å². The predicted molar refractivity (Wildman–Crippen MR) is 111 cm³/mol. The van der Waals surface area contributed by atoms with Crippen molar-refractivity contribution in [3.63, 3.8) is 0 Å². The molecule has 146 valence electrons. The van der Waals surface area contributed by atoms with Gasteiger partial charge in [-0.1, -0.05) is 12.1 Å². The van der Waals surface area contributed by atoms with Gasteiger partial charge in [-0.25, -0.2) is 9.37 Å². The second-order valence-electron chi connectivity index (χ2n) is 6.89. The molecule has 29 heavy (non-hydrogen) atoms. The molecule has 0 saturated carbocycles. The Morgan fingerprint density at radius 3 is 2.55 bits per heavy atom. The van der Waals surface area contributed by atoms with E-state index in [1.165, 1.54) is 12.1 Å². The lowest BCUT2D eigenvalue weighted by molar-refractivity contribution is -0.117. The molecule has 4 rings (SSSR count). The van der Waals surface area contributed by atoms with Crippen molar-refractivity contribution in [2.75, 3.05) is 5.32 Å². The Labute approximate surface area is 167 Å². The van der Waals surface area contributed by atoms with Crippen molar-refractivity contribution >= 4 is 22.8 Å². The molecule has 0 unspecified atom stereocenters. The van der Waals surface area contributed by atoms with Crippen molar-refractivity contribution in [2.24, 2.45) is 5.73 Å². The van der Waals surface area contributed by atoms with E-state index in [9.17, 15) is 9.18 Å². The third-order valence-electron chi connectivity index (χ3n) is 4.66. The number of nitrogens with two attached hydrogens (primary N) is 1. The van der Waals surface area contributed by atoms with Gasteiger partial charge in [0.1, 0.15) is 17.3 Å². The van der Waals surface area contributed by atoms with Crippen molar-refractivity contribution in [2.45, 2.75) is 19.4 Å². The quantitative estimate of drug-likeness (QED) is 0.485. The number of fused-ring (bicyclic) bond motifs is 1. The zero-order valence-corrected chi connectivity index (χ0v) is 15.8. The van der Waals surface area contributed by atoms with E-state index in [-0.39, 0.29) is 11.7 Å². The van der Waals surface area contributed by atoms with E-state index in [0.29, 0.717) is 17.9 Å². The molecule has 0 aliphatic rings. The lowest BCUT2D eigenvalue weighted by atomic mass is 10.00. The smallest absolute Gasteiger partial charge is 0.242 e. The van der Waals surface area contributed by atoms with Crippen LogP contribution in [0.5, 0.6) is 0 Å². The number of carbonyl (C=O) groups excluding carboxylic acids is 1. The highest BCUT2D eigenvalue weighted by atomic mass is 19.1. The summed E-state index contributed by atoms with van der Waals surface area (Å²) in [6.45, 7) is 1.62. The summed E-state index contributed by atoms with van der Waals surface area (Å²) in [7, 11) is 0. The average Bonchev–Trinajstić information content (AvgIpc) is 3.07. The molecule has 4 aromatic rings. The standard InChI is InChI=1S/C22H20FN5O/c1-13(24)22(29)28-19-7-6-17-20(15-8-10-25-11-9-15)18(26-21(17)27-19)12-14-2-4-16(23)5-3-14/h2-11,13H,12,24H2,1H3,(H2,26,27,28,29)/t13-/m1/s1. The van der Waals surface area contributed by atoms with Crippen LogP contribution in [0.3, 0.4) is 0 Å². The number of hydrogen-bond acceptors (Lipinski definition) is 4. The van der Waals surface area contributed by atoms with E-state index in [1.807, 2.05) is 18.2 Å². The molecule has 0 saturated heterocycles. The van der Waals surface area contributed by atoms with E-state index in [0.717, 1.165) is 27.8 Å². The van der Waals surface area contributed by atoms with Crippen LogP contribution in [0.1, 0.15) is 18.2 Å². The number of carbonyl (C=O) groups is 1. The van der Waals surface area contributed by atoms with Crippen molar-refractivity contribution in [1.29, 1.82) is 0 Å². The molecule has 4 N–H and O–H groups in total. The number of benzene rings is 1. The van der Waals surface area contributed by atoms with Gasteiger partial charge in [-0.2, -0.15) is 0 Å². The maximum Gasteiger partial charge on any atom is 0.242 e. The number of anilines is 1. The van der Waals surface area contributed by atoms with Crippen LogP contribution >= 0.6 is 0 Å². The van der Waals surface area contributed by atoms with E-state index >= 15 is 0 Å². The first-order chi connectivity index (χ1) is 14.0. The summed E-state index contributed by atoms with van der Waals surface area (Å²) in [5.41, 5.74) is 10.2. The Bertz CT molecular complexity index is 1150. The second kappa shape index (κ2) is 7.81. The third-order valence-corrected chi connectivity index (χ3v) is 4.66. The van der Waals surface area contributed by atoms with Crippen LogP contribution in [0.15, 0.2) is 60.9 Å². The van der Waals surface area contributed by atoms with Crippen LogP contribution in [0.4, 0.5) is 10.2 Å². The molecule has 0 aliphatic heterocycles. The molecule has 6 nitrogen and oxygen atoms in total. The van der Waals surface area contributed by atoms with Gasteiger partial charge in [0.05, 0.1) is 6.04 Å². The highest BCUT2D eigenvalue weighted by Gasteiger charge is 2.16. The van der Waals surface area contributed by atoms with Gasteiger partial charge >= 0.3 is 0 Å². The average molecular weight is 389 g/mol. The van der Waals surface area contributed by atoms with Gasteiger partial charge in [-0.05, 0) is 54.4 Å². The second-order valence-corrected chi connectivity index (χ2v) is 6.89. The normalized spacial score (nSPS) is 12.1. The zero-order valence-electron chi connectivity index (χ0n) is 15.8. The fourth-order valence-electron chi connectivity index (χ4n) is 3.22. The Morgan fingerprint density at radius 1 is 1.14 bits per heavy atom. The van der Waals surface area contributed by atoms with Gasteiger partial charge in [-0.15, -0.1) is 0 Å². The summed E-state index contributed by atoms with van der Waals surface area (Å²) < 4.78 is 13.3. The Balaban J connectivity index is 1.79. The molecule has 3 aromatic heterocycles. The van der Waals surface area contributed by atoms with Gasteiger partial charge in [-0.3, -0.25) is 9.78 Å². The van der Waals surface area contributed by atoms with Crippen LogP contribution in [-0.2, 0) is 11.2 Å². The third kappa shape index (κ3) is 4.00. The molecule has 0 spiro atoms.